The third kappa shape index (κ3) is 3.29. The Morgan fingerprint density at radius 1 is 1.47 bits per heavy atom. The molecule has 0 aliphatic heterocycles. The van der Waals surface area contributed by atoms with Gasteiger partial charge in [0.1, 0.15) is 0 Å². The summed E-state index contributed by atoms with van der Waals surface area (Å²) in [5.74, 6) is -1.66. The molecule has 0 saturated heterocycles. The van der Waals surface area contributed by atoms with Gasteiger partial charge in [-0.2, -0.15) is 0 Å². The number of benzene rings is 1. The van der Waals surface area contributed by atoms with E-state index in [9.17, 15) is 9.18 Å². The molecule has 2 rings (SSSR count). The summed E-state index contributed by atoms with van der Waals surface area (Å²) in [6.45, 7) is 1.21. The molecule has 19 heavy (non-hydrogen) atoms. The van der Waals surface area contributed by atoms with E-state index in [4.69, 9.17) is 25.9 Å². The maximum absolute atomic E-state index is 12.8. The Labute approximate surface area is 113 Å². The van der Waals surface area contributed by atoms with Crippen molar-refractivity contribution in [1.29, 1.82) is 0 Å². The van der Waals surface area contributed by atoms with Crippen LogP contribution in [0.15, 0.2) is 17.7 Å². The van der Waals surface area contributed by atoms with Gasteiger partial charge in [-0.25, -0.2) is 4.79 Å². The monoisotopic (exact) mass is 292 g/mol. The van der Waals surface area contributed by atoms with Crippen LogP contribution in [-0.2, 0) is 11.2 Å². The zero-order chi connectivity index (χ0) is 14.6. The van der Waals surface area contributed by atoms with Crippen molar-refractivity contribution < 1.29 is 23.4 Å². The average molecular weight is 293 g/mol. The van der Waals surface area contributed by atoms with Crippen LogP contribution >= 0.6 is 11.6 Å². The molecule has 1 unspecified atom stereocenters. The van der Waals surface area contributed by atoms with Crippen LogP contribution in [0.1, 0.15) is 16.7 Å². The number of hydrogen-bond acceptors (Lipinski definition) is 1. The molecule has 0 radical (unpaired) electrons. The molecule has 0 aromatic heterocycles. The Morgan fingerprint density at radius 3 is 2.63 bits per heavy atom. The first-order valence-corrected chi connectivity index (χ1v) is 5.85. The summed E-state index contributed by atoms with van der Waals surface area (Å²) in [5, 5.41) is 9.62. The van der Waals surface area contributed by atoms with E-state index in [2.05, 4.69) is 0 Å². The van der Waals surface area contributed by atoms with E-state index in [0.717, 1.165) is 16.7 Å². The third-order valence-electron chi connectivity index (χ3n) is 3.01. The number of aliphatic carboxylic acids is 1. The van der Waals surface area contributed by atoms with Gasteiger partial charge in [0.25, 0.3) is 0 Å². The number of alkyl halides is 1. The number of rotatable bonds is 2. The quantitative estimate of drug-likeness (QED) is 0.891. The summed E-state index contributed by atoms with van der Waals surface area (Å²) < 4.78 is 28.8. The van der Waals surface area contributed by atoms with E-state index < -0.39 is 18.6 Å². The lowest BCUT2D eigenvalue weighted by molar-refractivity contribution is -0.133. The molecule has 1 N–H and O–H groups in total. The van der Waals surface area contributed by atoms with Gasteiger partial charge in [0.2, 0.25) is 0 Å². The second-order valence-corrected chi connectivity index (χ2v) is 4.68. The van der Waals surface area contributed by atoms with Crippen LogP contribution in [-0.4, -0.2) is 17.8 Å². The summed E-state index contributed by atoms with van der Waals surface area (Å²) >= 11 is 6.10. The van der Waals surface area contributed by atoms with E-state index in [1.165, 1.54) is 6.08 Å². The fourth-order valence-corrected chi connectivity index (χ4v) is 2.52. The molecule has 1 aromatic carbocycles. The van der Waals surface area contributed by atoms with Gasteiger partial charge >= 0.3 is 5.97 Å². The summed E-state index contributed by atoms with van der Waals surface area (Å²) in [5.41, 5.74) is 2.72. The van der Waals surface area contributed by atoms with Crippen LogP contribution in [0, 0.1) is 12.8 Å². The van der Waals surface area contributed by atoms with Gasteiger partial charge in [-0.3, -0.25) is 4.39 Å². The molecule has 6 heteroatoms. The molecule has 0 fully saturated rings. The smallest absolute Gasteiger partial charge is 0.331 e. The maximum atomic E-state index is 12.8. The molecule has 1 atom stereocenters. The molecule has 1 aromatic rings. The van der Waals surface area contributed by atoms with Crippen molar-refractivity contribution in [3.05, 3.63) is 39.4 Å². The Hall–Kier alpha value is -1.49. The van der Waals surface area contributed by atoms with Crippen LogP contribution in [0.3, 0.4) is 0 Å². The Bertz CT molecular complexity index is 515. The number of halogens is 4. The average Bonchev–Trinajstić information content (AvgIpc) is 2.39. The highest BCUT2D eigenvalue weighted by atomic mass is 35.5. The van der Waals surface area contributed by atoms with Crippen LogP contribution < -0.4 is 0 Å². The molecular formula is C13H12ClF3O2. The van der Waals surface area contributed by atoms with Crippen molar-refractivity contribution in [2.45, 2.75) is 13.3 Å². The third-order valence-corrected chi connectivity index (χ3v) is 3.35. The van der Waals surface area contributed by atoms with Crippen LogP contribution in [0.5, 0.6) is 0 Å². The lowest BCUT2D eigenvalue weighted by Crippen LogP contribution is -2.21. The molecule has 0 amide bonds. The fraction of sp³-hybridized carbons (Fsp3) is 0.308. The van der Waals surface area contributed by atoms with Gasteiger partial charge in [-0.05, 0) is 42.2 Å². The number of carboxylic acids is 1. The summed E-state index contributed by atoms with van der Waals surface area (Å²) in [4.78, 5) is 11.0. The number of carbonyl (C=O) groups is 1. The number of fused-ring (bicyclic) bond motifs is 1. The predicted molar refractivity (Wildman–Crippen MR) is 67.2 cm³/mol. The minimum atomic E-state index is -1.06. The highest BCUT2D eigenvalue weighted by molar-refractivity contribution is 6.31. The van der Waals surface area contributed by atoms with Gasteiger partial charge in [-0.15, -0.1) is 0 Å². The highest BCUT2D eigenvalue weighted by Crippen LogP contribution is 2.34. The zero-order valence-corrected chi connectivity index (χ0v) is 10.8. The zero-order valence-electron chi connectivity index (χ0n) is 10.1. The lowest BCUT2D eigenvalue weighted by Gasteiger charge is -2.22. The van der Waals surface area contributed by atoms with E-state index in [1.807, 2.05) is 19.1 Å². The first kappa shape index (κ1) is 15.6. The number of hydrogen-bond donors (Lipinski definition) is 1. The summed E-state index contributed by atoms with van der Waals surface area (Å²) in [6.07, 6.45) is 1.88. The lowest BCUT2D eigenvalue weighted by atomic mass is 9.83. The van der Waals surface area contributed by atoms with Gasteiger partial charge in [0.15, 0.2) is 0 Å². The molecule has 2 nitrogen and oxygen atoms in total. The SMILES string of the molecule is Cc1cc(Cl)c2c(c1)C=C(C(=O)O)C(CF)C2.FF. The molecule has 1 aliphatic carbocycles. The molecule has 104 valence electrons. The minimum Gasteiger partial charge on any atom is -0.478 e. The number of carboxylic acid groups (broad SMARTS) is 1. The Balaban J connectivity index is 0.000000861. The van der Waals surface area contributed by atoms with Crippen LogP contribution in [0.2, 0.25) is 5.02 Å². The second kappa shape index (κ2) is 6.61. The van der Waals surface area contributed by atoms with Crippen LogP contribution in [0.4, 0.5) is 13.5 Å². The van der Waals surface area contributed by atoms with Crippen molar-refractivity contribution in [2.24, 2.45) is 5.92 Å². The van der Waals surface area contributed by atoms with Crippen molar-refractivity contribution in [3.8, 4) is 0 Å². The normalized spacial score (nSPS) is 16.9. The molecule has 0 bridgehead atoms. The van der Waals surface area contributed by atoms with E-state index in [0.29, 0.717) is 11.4 Å². The molecular weight excluding hydrogens is 281 g/mol. The fourth-order valence-electron chi connectivity index (χ4n) is 2.16. The van der Waals surface area contributed by atoms with Gasteiger partial charge in [0, 0.05) is 25.7 Å². The Morgan fingerprint density at radius 2 is 2.11 bits per heavy atom. The van der Waals surface area contributed by atoms with Gasteiger partial charge < -0.3 is 5.11 Å². The van der Waals surface area contributed by atoms with Gasteiger partial charge in [-0.1, -0.05) is 17.7 Å². The summed E-state index contributed by atoms with van der Waals surface area (Å²) in [6, 6.07) is 3.69. The van der Waals surface area contributed by atoms with Crippen molar-refractivity contribution in [1.82, 2.24) is 0 Å². The second-order valence-electron chi connectivity index (χ2n) is 4.27. The first-order chi connectivity index (χ1) is 9.02. The van der Waals surface area contributed by atoms with E-state index in [1.54, 1.807) is 0 Å². The van der Waals surface area contributed by atoms with E-state index >= 15 is 0 Å². The van der Waals surface area contributed by atoms with E-state index in [-0.39, 0.29) is 5.57 Å². The topological polar surface area (TPSA) is 37.3 Å². The summed E-state index contributed by atoms with van der Waals surface area (Å²) in [7, 11) is 0. The first-order valence-electron chi connectivity index (χ1n) is 5.47. The molecule has 0 saturated carbocycles. The Kier molecular flexibility index (Phi) is 5.42. The van der Waals surface area contributed by atoms with Gasteiger partial charge in [0.05, 0.1) is 6.67 Å². The molecule has 1 aliphatic rings. The van der Waals surface area contributed by atoms with Crippen LogP contribution in [0.25, 0.3) is 6.08 Å². The maximum Gasteiger partial charge on any atom is 0.331 e. The molecule has 0 spiro atoms. The predicted octanol–water partition coefficient (Wildman–Crippen LogP) is 4.10. The van der Waals surface area contributed by atoms with Crippen molar-refractivity contribution >= 4 is 23.6 Å². The number of aryl methyl sites for hydroxylation is 1. The highest BCUT2D eigenvalue weighted by Gasteiger charge is 2.27. The van der Waals surface area contributed by atoms with Crippen molar-refractivity contribution in [3.63, 3.8) is 0 Å². The van der Waals surface area contributed by atoms with Crippen molar-refractivity contribution in [2.75, 3.05) is 6.67 Å². The minimum absolute atomic E-state index is 0.127. The molecule has 0 heterocycles. The largest absolute Gasteiger partial charge is 0.478 e. The standard InChI is InChI=1S/C13H12ClFO2.F2/c1-7-2-8-4-11(13(16)17)9(6-15)5-10(8)12(14)3-7;1-2/h2-4,9H,5-6H2,1H3,(H,16,17);.